The third-order valence-corrected chi connectivity index (χ3v) is 5.50. The Bertz CT molecular complexity index is 465. The molecular weight excluding hydrogens is 280 g/mol. The summed E-state index contributed by atoms with van der Waals surface area (Å²) in [7, 11) is 0. The molecule has 2 fully saturated rings. The second-order valence-electron chi connectivity index (χ2n) is 7.34. The molecular formula is C16H28N4S. The highest BCUT2D eigenvalue weighted by Gasteiger charge is 2.29. The number of nitrogens with one attached hydrogen (secondary N) is 1. The van der Waals surface area contributed by atoms with Gasteiger partial charge in [0.05, 0.1) is 0 Å². The van der Waals surface area contributed by atoms with Crippen LogP contribution in [0.15, 0.2) is 6.20 Å². The zero-order chi connectivity index (χ0) is 14.9. The molecule has 1 atom stereocenters. The van der Waals surface area contributed by atoms with Gasteiger partial charge < -0.3 is 10.2 Å². The van der Waals surface area contributed by atoms with Crippen LogP contribution >= 0.6 is 11.3 Å². The van der Waals surface area contributed by atoms with Gasteiger partial charge in [0.25, 0.3) is 0 Å². The van der Waals surface area contributed by atoms with Crippen LogP contribution in [0.5, 0.6) is 0 Å². The predicted octanol–water partition coefficient (Wildman–Crippen LogP) is 2.71. The number of nitrogens with zero attached hydrogens (tertiary/aromatic N) is 3. The van der Waals surface area contributed by atoms with E-state index in [0.717, 1.165) is 19.1 Å². The number of fused-ring (bicyclic) bond motifs is 1. The van der Waals surface area contributed by atoms with Gasteiger partial charge in [-0.25, -0.2) is 4.98 Å². The first kappa shape index (κ1) is 15.3. The van der Waals surface area contributed by atoms with Crippen molar-refractivity contribution in [3.63, 3.8) is 0 Å². The minimum atomic E-state index is 0.165. The summed E-state index contributed by atoms with van der Waals surface area (Å²) in [5.74, 6) is 0. The summed E-state index contributed by atoms with van der Waals surface area (Å²) in [6, 6.07) is 0.757. The SMILES string of the molecule is CC(C)(C)NCc1cnc(N2CCN3CCCCC3C2)s1. The quantitative estimate of drug-likeness (QED) is 0.930. The maximum absolute atomic E-state index is 4.66. The molecule has 118 valence electrons. The van der Waals surface area contributed by atoms with Crippen LogP contribution in [0.1, 0.15) is 44.9 Å². The first-order chi connectivity index (χ1) is 10.0. The maximum atomic E-state index is 4.66. The van der Waals surface area contributed by atoms with Crippen LogP contribution in [0.25, 0.3) is 0 Å². The Balaban J connectivity index is 1.58. The van der Waals surface area contributed by atoms with E-state index in [0.29, 0.717) is 0 Å². The number of thiazole rings is 1. The van der Waals surface area contributed by atoms with E-state index in [1.807, 2.05) is 17.5 Å². The molecule has 2 aliphatic heterocycles. The summed E-state index contributed by atoms with van der Waals surface area (Å²) in [5.41, 5.74) is 0.165. The number of rotatable bonds is 3. The zero-order valence-corrected chi connectivity index (χ0v) is 14.4. The average molecular weight is 308 g/mol. The van der Waals surface area contributed by atoms with E-state index in [1.54, 1.807) is 0 Å². The molecule has 5 heteroatoms. The summed E-state index contributed by atoms with van der Waals surface area (Å²) < 4.78 is 0. The van der Waals surface area contributed by atoms with Crippen LogP contribution in [0.3, 0.4) is 0 Å². The van der Waals surface area contributed by atoms with Gasteiger partial charge in [-0.2, -0.15) is 0 Å². The molecule has 1 N–H and O–H groups in total. The van der Waals surface area contributed by atoms with E-state index in [1.165, 1.54) is 48.9 Å². The Hall–Kier alpha value is -0.650. The number of hydrogen-bond acceptors (Lipinski definition) is 5. The second-order valence-corrected chi connectivity index (χ2v) is 8.44. The molecule has 3 rings (SSSR count). The zero-order valence-electron chi connectivity index (χ0n) is 13.6. The molecule has 2 aliphatic rings. The van der Waals surface area contributed by atoms with Crippen molar-refractivity contribution in [1.82, 2.24) is 15.2 Å². The number of piperazine rings is 1. The third-order valence-electron chi connectivity index (χ3n) is 4.44. The summed E-state index contributed by atoms with van der Waals surface area (Å²) in [4.78, 5) is 11.2. The van der Waals surface area contributed by atoms with Crippen molar-refractivity contribution < 1.29 is 0 Å². The Kier molecular flexibility index (Phi) is 4.52. The second kappa shape index (κ2) is 6.23. The molecule has 0 radical (unpaired) electrons. The minimum Gasteiger partial charge on any atom is -0.345 e. The minimum absolute atomic E-state index is 0.165. The Morgan fingerprint density at radius 1 is 1.29 bits per heavy atom. The van der Waals surface area contributed by atoms with E-state index in [-0.39, 0.29) is 5.54 Å². The molecule has 0 amide bonds. The molecule has 0 aromatic carbocycles. The first-order valence-electron chi connectivity index (χ1n) is 8.20. The summed E-state index contributed by atoms with van der Waals surface area (Å²) >= 11 is 1.85. The molecule has 0 spiro atoms. The van der Waals surface area contributed by atoms with Crippen LogP contribution in [0.2, 0.25) is 0 Å². The molecule has 1 aromatic heterocycles. The lowest BCUT2D eigenvalue weighted by Gasteiger charge is -2.44. The predicted molar refractivity (Wildman–Crippen MR) is 90.1 cm³/mol. The topological polar surface area (TPSA) is 31.4 Å². The number of hydrogen-bond donors (Lipinski definition) is 1. The molecule has 0 bridgehead atoms. The number of anilines is 1. The van der Waals surface area contributed by atoms with Crippen molar-refractivity contribution in [2.75, 3.05) is 31.1 Å². The number of piperidine rings is 1. The average Bonchev–Trinajstić information content (AvgIpc) is 2.93. The van der Waals surface area contributed by atoms with Gasteiger partial charge in [0.1, 0.15) is 0 Å². The molecule has 3 heterocycles. The van der Waals surface area contributed by atoms with Crippen LogP contribution in [0, 0.1) is 0 Å². The van der Waals surface area contributed by atoms with Gasteiger partial charge in [0.2, 0.25) is 0 Å². The van der Waals surface area contributed by atoms with Crippen molar-refractivity contribution in [3.05, 3.63) is 11.1 Å². The standard InChI is InChI=1S/C16H28N4S/c1-16(2,3)18-11-14-10-17-15(21-14)20-9-8-19-7-5-4-6-13(19)12-20/h10,13,18H,4-9,11-12H2,1-3H3. The van der Waals surface area contributed by atoms with E-state index in [4.69, 9.17) is 0 Å². The molecule has 2 saturated heterocycles. The van der Waals surface area contributed by atoms with Gasteiger partial charge in [0, 0.05) is 48.8 Å². The first-order valence-corrected chi connectivity index (χ1v) is 9.02. The summed E-state index contributed by atoms with van der Waals surface area (Å²) in [5, 5.41) is 4.76. The fourth-order valence-corrected chi connectivity index (χ4v) is 4.09. The maximum Gasteiger partial charge on any atom is 0.185 e. The van der Waals surface area contributed by atoms with Gasteiger partial charge in [-0.15, -0.1) is 11.3 Å². The monoisotopic (exact) mass is 308 g/mol. The number of aromatic nitrogens is 1. The third kappa shape index (κ3) is 3.96. The highest BCUT2D eigenvalue weighted by molar-refractivity contribution is 7.15. The molecule has 0 aliphatic carbocycles. The molecule has 0 saturated carbocycles. The Labute approximate surface area is 132 Å². The smallest absolute Gasteiger partial charge is 0.185 e. The van der Waals surface area contributed by atoms with Crippen molar-refractivity contribution in [2.24, 2.45) is 0 Å². The molecule has 4 nitrogen and oxygen atoms in total. The lowest BCUT2D eigenvalue weighted by atomic mass is 10.00. The Morgan fingerprint density at radius 2 is 2.14 bits per heavy atom. The van der Waals surface area contributed by atoms with Crippen molar-refractivity contribution in [2.45, 2.75) is 58.2 Å². The van der Waals surface area contributed by atoms with E-state index < -0.39 is 0 Å². The van der Waals surface area contributed by atoms with Crippen molar-refractivity contribution in [1.29, 1.82) is 0 Å². The van der Waals surface area contributed by atoms with Crippen molar-refractivity contribution in [3.8, 4) is 0 Å². The highest BCUT2D eigenvalue weighted by Crippen LogP contribution is 2.28. The molecule has 1 aromatic rings. The van der Waals surface area contributed by atoms with Crippen LogP contribution in [-0.4, -0.2) is 47.6 Å². The summed E-state index contributed by atoms with van der Waals surface area (Å²) in [6.45, 7) is 12.4. The summed E-state index contributed by atoms with van der Waals surface area (Å²) in [6.07, 6.45) is 6.19. The van der Waals surface area contributed by atoms with Crippen LogP contribution in [-0.2, 0) is 6.54 Å². The van der Waals surface area contributed by atoms with E-state index in [2.05, 4.69) is 40.9 Å². The fourth-order valence-electron chi connectivity index (χ4n) is 3.21. The lowest BCUT2D eigenvalue weighted by Crippen LogP contribution is -2.54. The van der Waals surface area contributed by atoms with E-state index in [9.17, 15) is 0 Å². The van der Waals surface area contributed by atoms with Gasteiger partial charge in [-0.3, -0.25) is 4.90 Å². The van der Waals surface area contributed by atoms with Gasteiger partial charge >= 0.3 is 0 Å². The lowest BCUT2D eigenvalue weighted by molar-refractivity contribution is 0.133. The molecule has 1 unspecified atom stereocenters. The van der Waals surface area contributed by atoms with Crippen LogP contribution in [0.4, 0.5) is 5.13 Å². The fraction of sp³-hybridized carbons (Fsp3) is 0.812. The van der Waals surface area contributed by atoms with Crippen molar-refractivity contribution >= 4 is 16.5 Å². The van der Waals surface area contributed by atoms with Gasteiger partial charge in [-0.1, -0.05) is 6.42 Å². The highest BCUT2D eigenvalue weighted by atomic mass is 32.1. The largest absolute Gasteiger partial charge is 0.345 e. The van der Waals surface area contributed by atoms with Gasteiger partial charge in [0.15, 0.2) is 5.13 Å². The van der Waals surface area contributed by atoms with E-state index >= 15 is 0 Å². The van der Waals surface area contributed by atoms with Crippen LogP contribution < -0.4 is 10.2 Å². The molecule has 21 heavy (non-hydrogen) atoms. The normalized spacial score (nSPS) is 24.1. The Morgan fingerprint density at radius 3 is 2.95 bits per heavy atom. The van der Waals surface area contributed by atoms with Gasteiger partial charge in [-0.05, 0) is 40.2 Å².